The molecule has 0 amide bonds. The van der Waals surface area contributed by atoms with E-state index in [2.05, 4.69) is 0 Å². The first-order chi connectivity index (χ1) is 10.2. The summed E-state index contributed by atoms with van der Waals surface area (Å²) in [6.45, 7) is 0. The first-order valence-electron chi connectivity index (χ1n) is 6.49. The number of halogens is 1. The largest absolute Gasteiger partial charge is 0.497 e. The van der Waals surface area contributed by atoms with Crippen LogP contribution in [0.5, 0.6) is 5.75 Å². The SMILES string of the molecule is COc1ccc(/C=C2/CSc3ccc(Cl)cc3C2=O)cc1. The Bertz CT molecular complexity index is 720. The number of ether oxygens (including phenoxy) is 1. The van der Waals surface area contributed by atoms with Crippen molar-refractivity contribution >= 4 is 35.2 Å². The summed E-state index contributed by atoms with van der Waals surface area (Å²) in [6, 6.07) is 13.1. The fourth-order valence-electron chi connectivity index (χ4n) is 2.21. The van der Waals surface area contributed by atoms with Crippen molar-refractivity contribution in [3.05, 3.63) is 64.2 Å². The van der Waals surface area contributed by atoms with E-state index in [0.29, 0.717) is 16.3 Å². The number of benzene rings is 2. The van der Waals surface area contributed by atoms with Crippen LogP contribution in [0.4, 0.5) is 0 Å². The van der Waals surface area contributed by atoms with Gasteiger partial charge in [-0.3, -0.25) is 4.79 Å². The third-order valence-corrected chi connectivity index (χ3v) is 4.68. The highest BCUT2D eigenvalue weighted by Crippen LogP contribution is 2.34. The highest BCUT2D eigenvalue weighted by Gasteiger charge is 2.22. The number of carbonyl (C=O) groups is 1. The number of carbonyl (C=O) groups excluding carboxylic acids is 1. The van der Waals surface area contributed by atoms with Crippen LogP contribution in [-0.4, -0.2) is 18.6 Å². The molecule has 0 radical (unpaired) electrons. The van der Waals surface area contributed by atoms with Crippen LogP contribution in [0.25, 0.3) is 6.08 Å². The minimum atomic E-state index is 0.0575. The van der Waals surface area contributed by atoms with Crippen molar-refractivity contribution in [2.75, 3.05) is 12.9 Å². The van der Waals surface area contributed by atoms with E-state index in [9.17, 15) is 4.79 Å². The lowest BCUT2D eigenvalue weighted by Crippen LogP contribution is -2.12. The van der Waals surface area contributed by atoms with Crippen LogP contribution in [0.15, 0.2) is 52.9 Å². The maximum Gasteiger partial charge on any atom is 0.191 e. The maximum absolute atomic E-state index is 12.5. The van der Waals surface area contributed by atoms with Crippen molar-refractivity contribution in [3.8, 4) is 5.75 Å². The number of hydrogen-bond donors (Lipinski definition) is 0. The number of rotatable bonds is 2. The third kappa shape index (κ3) is 2.99. The summed E-state index contributed by atoms with van der Waals surface area (Å²) in [5.41, 5.74) is 2.48. The van der Waals surface area contributed by atoms with Gasteiger partial charge in [0, 0.05) is 26.8 Å². The molecule has 2 nitrogen and oxygen atoms in total. The van der Waals surface area contributed by atoms with E-state index in [1.165, 1.54) is 0 Å². The second-order valence-electron chi connectivity index (χ2n) is 4.70. The van der Waals surface area contributed by atoms with E-state index < -0.39 is 0 Å². The number of thioether (sulfide) groups is 1. The summed E-state index contributed by atoms with van der Waals surface area (Å²) in [7, 11) is 1.63. The molecule has 0 N–H and O–H groups in total. The van der Waals surface area contributed by atoms with Gasteiger partial charge in [-0.15, -0.1) is 11.8 Å². The fraction of sp³-hybridized carbons (Fsp3) is 0.118. The molecule has 21 heavy (non-hydrogen) atoms. The highest BCUT2D eigenvalue weighted by molar-refractivity contribution is 7.99. The molecule has 0 saturated heterocycles. The topological polar surface area (TPSA) is 26.3 Å². The lowest BCUT2D eigenvalue weighted by Gasteiger charge is -2.17. The van der Waals surface area contributed by atoms with Crippen molar-refractivity contribution in [1.82, 2.24) is 0 Å². The molecular weight excluding hydrogens is 304 g/mol. The lowest BCUT2D eigenvalue weighted by atomic mass is 10.0. The van der Waals surface area contributed by atoms with Crippen molar-refractivity contribution in [2.45, 2.75) is 4.90 Å². The predicted molar refractivity (Wildman–Crippen MR) is 87.5 cm³/mol. The second-order valence-corrected chi connectivity index (χ2v) is 6.15. The standard InChI is InChI=1S/C17H13ClO2S/c1-20-14-5-2-11(3-6-14)8-12-10-21-16-7-4-13(18)9-15(16)17(12)19/h2-9H,10H2,1H3/b12-8-. The Morgan fingerprint density at radius 3 is 2.67 bits per heavy atom. The molecule has 106 valence electrons. The summed E-state index contributed by atoms with van der Waals surface area (Å²) >= 11 is 7.65. The number of Topliss-reactive ketones (excluding diaryl/α,β-unsaturated/α-hetero) is 1. The zero-order valence-corrected chi connectivity index (χ0v) is 13.0. The number of hydrogen-bond acceptors (Lipinski definition) is 3. The summed E-state index contributed by atoms with van der Waals surface area (Å²) in [5.74, 6) is 1.54. The molecule has 0 spiro atoms. The average Bonchev–Trinajstić information content (AvgIpc) is 2.51. The molecule has 2 aromatic carbocycles. The Morgan fingerprint density at radius 2 is 1.95 bits per heavy atom. The zero-order valence-electron chi connectivity index (χ0n) is 11.4. The van der Waals surface area contributed by atoms with Crippen LogP contribution >= 0.6 is 23.4 Å². The van der Waals surface area contributed by atoms with Gasteiger partial charge in [0.15, 0.2) is 5.78 Å². The molecule has 0 aliphatic carbocycles. The van der Waals surface area contributed by atoms with Gasteiger partial charge in [0.25, 0.3) is 0 Å². The Labute approximate surface area is 132 Å². The van der Waals surface area contributed by atoms with E-state index in [1.807, 2.05) is 42.5 Å². The first-order valence-corrected chi connectivity index (χ1v) is 7.85. The molecule has 0 bridgehead atoms. The lowest BCUT2D eigenvalue weighted by molar-refractivity contribution is 0.103. The van der Waals surface area contributed by atoms with Crippen LogP contribution in [0, 0.1) is 0 Å². The second kappa shape index (κ2) is 5.96. The Balaban J connectivity index is 1.93. The molecule has 0 atom stereocenters. The van der Waals surface area contributed by atoms with E-state index >= 15 is 0 Å². The minimum Gasteiger partial charge on any atom is -0.497 e. The van der Waals surface area contributed by atoms with Gasteiger partial charge in [0.2, 0.25) is 0 Å². The molecule has 1 aliphatic rings. The Morgan fingerprint density at radius 1 is 1.19 bits per heavy atom. The normalized spacial score (nSPS) is 15.9. The molecule has 3 rings (SSSR count). The zero-order chi connectivity index (χ0) is 14.8. The molecule has 1 aliphatic heterocycles. The number of methoxy groups -OCH3 is 1. The van der Waals surface area contributed by atoms with E-state index in [4.69, 9.17) is 16.3 Å². The van der Waals surface area contributed by atoms with Gasteiger partial charge in [-0.2, -0.15) is 0 Å². The van der Waals surface area contributed by atoms with Crippen LogP contribution in [0.2, 0.25) is 5.02 Å². The van der Waals surface area contributed by atoms with Crippen LogP contribution in [0.1, 0.15) is 15.9 Å². The quantitative estimate of drug-likeness (QED) is 0.750. The first kappa shape index (κ1) is 14.2. The van der Waals surface area contributed by atoms with E-state index in [1.54, 1.807) is 24.9 Å². The van der Waals surface area contributed by atoms with Crippen molar-refractivity contribution in [3.63, 3.8) is 0 Å². The summed E-state index contributed by atoms with van der Waals surface area (Å²) < 4.78 is 5.13. The Kier molecular flexibility index (Phi) is 4.04. The molecule has 0 unspecified atom stereocenters. The monoisotopic (exact) mass is 316 g/mol. The summed E-state index contributed by atoms with van der Waals surface area (Å²) in [4.78, 5) is 13.5. The van der Waals surface area contributed by atoms with Gasteiger partial charge in [-0.05, 0) is 42.0 Å². The molecule has 1 heterocycles. The van der Waals surface area contributed by atoms with Gasteiger partial charge in [-0.1, -0.05) is 23.7 Å². The van der Waals surface area contributed by atoms with Crippen molar-refractivity contribution < 1.29 is 9.53 Å². The molecule has 0 aromatic heterocycles. The summed E-state index contributed by atoms with van der Waals surface area (Å²) in [6.07, 6.45) is 1.93. The van der Waals surface area contributed by atoms with Crippen molar-refractivity contribution in [1.29, 1.82) is 0 Å². The predicted octanol–water partition coefficient (Wildman–Crippen LogP) is 4.72. The fourth-order valence-corrected chi connectivity index (χ4v) is 3.38. The average molecular weight is 317 g/mol. The van der Waals surface area contributed by atoms with Crippen LogP contribution in [-0.2, 0) is 0 Å². The van der Waals surface area contributed by atoms with Gasteiger partial charge in [-0.25, -0.2) is 0 Å². The number of ketones is 1. The van der Waals surface area contributed by atoms with Gasteiger partial charge in [0.05, 0.1) is 7.11 Å². The summed E-state index contributed by atoms with van der Waals surface area (Å²) in [5, 5.41) is 0.591. The Hall–Kier alpha value is -1.71. The minimum absolute atomic E-state index is 0.0575. The molecule has 4 heteroatoms. The molecular formula is C17H13ClO2S. The maximum atomic E-state index is 12.5. The molecule has 0 saturated carbocycles. The highest BCUT2D eigenvalue weighted by atomic mass is 35.5. The van der Waals surface area contributed by atoms with Crippen LogP contribution in [0.3, 0.4) is 0 Å². The molecule has 2 aromatic rings. The third-order valence-electron chi connectivity index (χ3n) is 3.32. The van der Waals surface area contributed by atoms with Gasteiger partial charge in [0.1, 0.15) is 5.75 Å². The van der Waals surface area contributed by atoms with E-state index in [0.717, 1.165) is 21.8 Å². The van der Waals surface area contributed by atoms with E-state index in [-0.39, 0.29) is 5.78 Å². The van der Waals surface area contributed by atoms with Gasteiger partial charge >= 0.3 is 0 Å². The van der Waals surface area contributed by atoms with Gasteiger partial charge < -0.3 is 4.74 Å². The van der Waals surface area contributed by atoms with Crippen LogP contribution < -0.4 is 4.74 Å². The molecule has 0 fully saturated rings. The smallest absolute Gasteiger partial charge is 0.191 e. The van der Waals surface area contributed by atoms with Crippen molar-refractivity contribution in [2.24, 2.45) is 0 Å². The number of fused-ring (bicyclic) bond motifs is 1.